The molecule has 0 bridgehead atoms. The summed E-state index contributed by atoms with van der Waals surface area (Å²) in [6.07, 6.45) is -0.0989. The number of hydrogen-bond acceptors (Lipinski definition) is 7. The van der Waals surface area contributed by atoms with Gasteiger partial charge in [0.2, 0.25) is 10.0 Å². The normalized spacial score (nSPS) is 21.0. The van der Waals surface area contributed by atoms with Gasteiger partial charge in [0.15, 0.2) is 0 Å². The molecule has 1 fully saturated rings. The van der Waals surface area contributed by atoms with Crippen molar-refractivity contribution in [1.29, 1.82) is 0 Å². The number of nitrogens with zero attached hydrogens (tertiary/aromatic N) is 2. The number of hydrogen-bond donors (Lipinski definition) is 3. The molecule has 120 valence electrons. The molecule has 22 heavy (non-hydrogen) atoms. The standard InChI is InChI=1S/C12H15N3O6S/c1-21-9-2-4-10(5-3-9)22(19,20)15-7-8(13-17)6-11(15)12(16)14-18/h2-5,11,17-18H,6-7H2,1H3,(H,14,16)/b13-8-/t11-/m0/s1. The molecule has 1 amide bonds. The van der Waals surface area contributed by atoms with E-state index < -0.39 is 22.0 Å². The molecule has 1 aromatic carbocycles. The van der Waals surface area contributed by atoms with E-state index in [-0.39, 0.29) is 23.6 Å². The van der Waals surface area contributed by atoms with Gasteiger partial charge in [0, 0.05) is 6.42 Å². The van der Waals surface area contributed by atoms with E-state index in [1.165, 1.54) is 36.9 Å². The first-order chi connectivity index (χ1) is 10.4. The number of ether oxygens (including phenoxy) is 1. The Hall–Kier alpha value is -2.17. The first kappa shape index (κ1) is 16.2. The van der Waals surface area contributed by atoms with E-state index in [1.807, 2.05) is 0 Å². The first-order valence-corrected chi connectivity index (χ1v) is 7.67. The zero-order valence-corrected chi connectivity index (χ0v) is 12.4. The van der Waals surface area contributed by atoms with Gasteiger partial charge in [0.1, 0.15) is 11.8 Å². The molecule has 1 atom stereocenters. The summed E-state index contributed by atoms with van der Waals surface area (Å²) in [5.41, 5.74) is 1.55. The van der Waals surface area contributed by atoms with Crippen molar-refractivity contribution in [3.63, 3.8) is 0 Å². The highest BCUT2D eigenvalue weighted by Gasteiger charge is 2.42. The minimum Gasteiger partial charge on any atom is -0.497 e. The summed E-state index contributed by atoms with van der Waals surface area (Å²) >= 11 is 0. The molecule has 3 N–H and O–H groups in total. The van der Waals surface area contributed by atoms with Crippen LogP contribution in [-0.4, -0.2) is 54.5 Å². The number of oxime groups is 1. The van der Waals surface area contributed by atoms with E-state index in [1.54, 1.807) is 0 Å². The van der Waals surface area contributed by atoms with E-state index in [0.717, 1.165) is 4.31 Å². The van der Waals surface area contributed by atoms with Crippen LogP contribution in [0.3, 0.4) is 0 Å². The van der Waals surface area contributed by atoms with Crippen LogP contribution in [0.5, 0.6) is 5.75 Å². The number of nitrogens with one attached hydrogen (secondary N) is 1. The topological polar surface area (TPSA) is 129 Å². The molecule has 10 heteroatoms. The number of rotatable bonds is 4. The maximum absolute atomic E-state index is 12.6. The van der Waals surface area contributed by atoms with Crippen molar-refractivity contribution in [2.24, 2.45) is 5.16 Å². The van der Waals surface area contributed by atoms with Crippen LogP contribution >= 0.6 is 0 Å². The zero-order chi connectivity index (χ0) is 16.3. The lowest BCUT2D eigenvalue weighted by molar-refractivity contribution is -0.132. The summed E-state index contributed by atoms with van der Waals surface area (Å²) in [6.45, 7) is -0.233. The fourth-order valence-electron chi connectivity index (χ4n) is 2.19. The van der Waals surface area contributed by atoms with Crippen LogP contribution < -0.4 is 10.2 Å². The van der Waals surface area contributed by atoms with Crippen molar-refractivity contribution >= 4 is 21.6 Å². The second-order valence-corrected chi connectivity index (χ2v) is 6.48. The van der Waals surface area contributed by atoms with E-state index in [2.05, 4.69) is 5.16 Å². The lowest BCUT2D eigenvalue weighted by Gasteiger charge is -2.21. The lowest BCUT2D eigenvalue weighted by atomic mass is 10.2. The highest BCUT2D eigenvalue weighted by Crippen LogP contribution is 2.26. The average Bonchev–Trinajstić information content (AvgIpc) is 2.99. The molecule has 1 heterocycles. The van der Waals surface area contributed by atoms with Gasteiger partial charge in [-0.1, -0.05) is 5.16 Å². The Balaban J connectivity index is 2.39. The van der Waals surface area contributed by atoms with Gasteiger partial charge in [-0.2, -0.15) is 4.31 Å². The second-order valence-electron chi connectivity index (χ2n) is 4.59. The first-order valence-electron chi connectivity index (χ1n) is 6.23. The number of carbonyl (C=O) groups is 1. The molecule has 1 saturated heterocycles. The third-order valence-electron chi connectivity index (χ3n) is 3.34. The van der Waals surface area contributed by atoms with Gasteiger partial charge in [0.05, 0.1) is 24.3 Å². The monoisotopic (exact) mass is 329 g/mol. The van der Waals surface area contributed by atoms with Crippen LogP contribution in [0, 0.1) is 0 Å². The Bertz CT molecular complexity index is 685. The SMILES string of the molecule is COc1ccc(S(=O)(=O)N2C/C(=N\O)C[C@H]2C(=O)NO)cc1. The molecule has 9 nitrogen and oxygen atoms in total. The Morgan fingerprint density at radius 2 is 2.05 bits per heavy atom. The van der Waals surface area contributed by atoms with Gasteiger partial charge in [-0.25, -0.2) is 13.9 Å². The van der Waals surface area contributed by atoms with E-state index in [4.69, 9.17) is 15.2 Å². The van der Waals surface area contributed by atoms with E-state index >= 15 is 0 Å². The number of carbonyl (C=O) groups excluding carboxylic acids is 1. The minimum absolute atomic E-state index is 0.0387. The summed E-state index contributed by atoms with van der Waals surface area (Å²) in [6, 6.07) is 4.46. The summed E-state index contributed by atoms with van der Waals surface area (Å²) in [4.78, 5) is 11.6. The van der Waals surface area contributed by atoms with Crippen LogP contribution in [0.4, 0.5) is 0 Å². The minimum atomic E-state index is -4.00. The van der Waals surface area contributed by atoms with Crippen molar-refractivity contribution in [1.82, 2.24) is 9.79 Å². The van der Waals surface area contributed by atoms with Crippen LogP contribution in [0.1, 0.15) is 6.42 Å². The van der Waals surface area contributed by atoms with Gasteiger partial charge >= 0.3 is 0 Å². The maximum atomic E-state index is 12.6. The molecule has 0 aliphatic carbocycles. The number of methoxy groups -OCH3 is 1. The molecule has 0 saturated carbocycles. The van der Waals surface area contributed by atoms with Gasteiger partial charge in [-0.15, -0.1) is 0 Å². The second kappa shape index (κ2) is 6.30. The average molecular weight is 329 g/mol. The van der Waals surface area contributed by atoms with Gasteiger partial charge in [-0.05, 0) is 24.3 Å². The molecular formula is C12H15N3O6S. The molecule has 1 aliphatic rings. The van der Waals surface area contributed by atoms with Gasteiger partial charge in [-0.3, -0.25) is 10.0 Å². The van der Waals surface area contributed by atoms with E-state index in [9.17, 15) is 13.2 Å². The summed E-state index contributed by atoms with van der Waals surface area (Å²) in [7, 11) is -2.54. The maximum Gasteiger partial charge on any atom is 0.262 e. The van der Waals surface area contributed by atoms with Crippen LogP contribution in [0.15, 0.2) is 34.3 Å². The van der Waals surface area contributed by atoms with E-state index in [0.29, 0.717) is 5.75 Å². The van der Waals surface area contributed by atoms with Crippen molar-refractivity contribution in [3.8, 4) is 5.75 Å². The Morgan fingerprint density at radius 1 is 1.41 bits per heavy atom. The van der Waals surface area contributed by atoms with Crippen LogP contribution in [0.25, 0.3) is 0 Å². The molecule has 0 aromatic heterocycles. The zero-order valence-electron chi connectivity index (χ0n) is 11.6. The summed E-state index contributed by atoms with van der Waals surface area (Å²) < 4.78 is 31.1. The predicted molar refractivity (Wildman–Crippen MR) is 74.4 cm³/mol. The van der Waals surface area contributed by atoms with Crippen LogP contribution in [0.2, 0.25) is 0 Å². The fourth-order valence-corrected chi connectivity index (χ4v) is 3.76. The molecule has 2 rings (SSSR count). The van der Waals surface area contributed by atoms with Crippen molar-refractivity contribution < 1.29 is 28.4 Å². The molecule has 0 radical (unpaired) electrons. The highest BCUT2D eigenvalue weighted by molar-refractivity contribution is 7.89. The predicted octanol–water partition coefficient (Wildman–Crippen LogP) is -0.206. The van der Waals surface area contributed by atoms with Crippen molar-refractivity contribution in [3.05, 3.63) is 24.3 Å². The summed E-state index contributed by atoms with van der Waals surface area (Å²) in [5.74, 6) is -0.404. The third kappa shape index (κ3) is 2.89. The molecule has 1 aromatic rings. The fraction of sp³-hybridized carbons (Fsp3) is 0.333. The number of sulfonamides is 1. The lowest BCUT2D eigenvalue weighted by Crippen LogP contribution is -2.44. The largest absolute Gasteiger partial charge is 0.497 e. The molecular weight excluding hydrogens is 314 g/mol. The Morgan fingerprint density at radius 3 is 2.55 bits per heavy atom. The van der Waals surface area contributed by atoms with Crippen molar-refractivity contribution in [2.45, 2.75) is 17.4 Å². The Kier molecular flexibility index (Phi) is 4.64. The number of amides is 1. The van der Waals surface area contributed by atoms with Crippen molar-refractivity contribution in [2.75, 3.05) is 13.7 Å². The van der Waals surface area contributed by atoms with Gasteiger partial charge < -0.3 is 9.94 Å². The summed E-state index contributed by atoms with van der Waals surface area (Å²) in [5, 5.41) is 20.5. The Labute approximate surface area is 126 Å². The quantitative estimate of drug-likeness (QED) is 0.398. The molecule has 0 spiro atoms. The number of benzene rings is 1. The number of hydroxylamine groups is 1. The third-order valence-corrected chi connectivity index (χ3v) is 5.20. The molecule has 1 aliphatic heterocycles. The smallest absolute Gasteiger partial charge is 0.262 e. The molecule has 0 unspecified atom stereocenters. The van der Waals surface area contributed by atoms with Gasteiger partial charge in [0.25, 0.3) is 5.91 Å². The van der Waals surface area contributed by atoms with Crippen LogP contribution in [-0.2, 0) is 14.8 Å². The highest BCUT2D eigenvalue weighted by atomic mass is 32.2.